The first kappa shape index (κ1) is 35.5. The van der Waals surface area contributed by atoms with Crippen molar-refractivity contribution >= 4 is 23.9 Å². The van der Waals surface area contributed by atoms with Crippen LogP contribution >= 0.6 is 0 Å². The van der Waals surface area contributed by atoms with Crippen LogP contribution in [0.1, 0.15) is 90.7 Å². The SMILES string of the molecule is CC(C)(C)ON[C@@H](CCC(=O)NCCCC[C@H](NC(=O)OCC1c2ccccc2-c2ccccc21)C(=O)O)C(=O)OC(C)(C)C. The van der Waals surface area contributed by atoms with Crippen molar-refractivity contribution in [3.05, 3.63) is 59.7 Å². The second-order valence-electron chi connectivity index (χ2n) is 13.2. The van der Waals surface area contributed by atoms with Crippen molar-refractivity contribution < 1.29 is 38.6 Å². The topological polar surface area (TPSA) is 152 Å². The number of aliphatic carboxylic acids is 1. The Morgan fingerprint density at radius 1 is 0.822 bits per heavy atom. The lowest BCUT2D eigenvalue weighted by atomic mass is 9.98. The maximum atomic E-state index is 12.6. The molecule has 0 fully saturated rings. The minimum atomic E-state index is -1.16. The number of fused-ring (bicyclic) bond motifs is 3. The molecule has 1 aliphatic rings. The van der Waals surface area contributed by atoms with E-state index in [2.05, 4.69) is 16.1 Å². The molecular weight excluding hydrogens is 578 g/mol. The van der Waals surface area contributed by atoms with E-state index in [1.165, 1.54) is 0 Å². The van der Waals surface area contributed by atoms with Crippen LogP contribution in [-0.4, -0.2) is 65.5 Å². The van der Waals surface area contributed by atoms with Crippen LogP contribution in [0.3, 0.4) is 0 Å². The van der Waals surface area contributed by atoms with Gasteiger partial charge in [-0.25, -0.2) is 9.59 Å². The maximum Gasteiger partial charge on any atom is 0.407 e. The minimum absolute atomic E-state index is 0.0610. The highest BCUT2D eigenvalue weighted by molar-refractivity contribution is 5.81. The summed E-state index contributed by atoms with van der Waals surface area (Å²) in [6.45, 7) is 11.2. The van der Waals surface area contributed by atoms with Crippen molar-refractivity contribution in [2.45, 2.75) is 103 Å². The van der Waals surface area contributed by atoms with Gasteiger partial charge in [0.2, 0.25) is 5.91 Å². The second kappa shape index (κ2) is 15.9. The molecule has 1 aliphatic carbocycles. The highest BCUT2D eigenvalue weighted by atomic mass is 16.7. The molecule has 11 heteroatoms. The van der Waals surface area contributed by atoms with Crippen LogP contribution < -0.4 is 16.1 Å². The zero-order chi connectivity index (χ0) is 33.2. The number of hydrogen-bond donors (Lipinski definition) is 4. The lowest BCUT2D eigenvalue weighted by Crippen LogP contribution is -2.45. The monoisotopic (exact) mass is 625 g/mol. The molecule has 11 nitrogen and oxygen atoms in total. The predicted molar refractivity (Wildman–Crippen MR) is 169 cm³/mol. The van der Waals surface area contributed by atoms with Crippen molar-refractivity contribution in [2.24, 2.45) is 0 Å². The van der Waals surface area contributed by atoms with E-state index in [-0.39, 0.29) is 37.7 Å². The molecule has 0 aromatic heterocycles. The Morgan fingerprint density at radius 2 is 1.42 bits per heavy atom. The van der Waals surface area contributed by atoms with Gasteiger partial charge in [0.05, 0.1) is 5.60 Å². The van der Waals surface area contributed by atoms with Crippen molar-refractivity contribution in [3.63, 3.8) is 0 Å². The van der Waals surface area contributed by atoms with E-state index < -0.39 is 41.3 Å². The number of benzene rings is 2. The number of esters is 1. The number of amides is 2. The molecule has 3 rings (SSSR count). The van der Waals surface area contributed by atoms with Gasteiger partial charge < -0.3 is 25.2 Å². The zero-order valence-electron chi connectivity index (χ0n) is 27.1. The van der Waals surface area contributed by atoms with Crippen LogP contribution in [0.15, 0.2) is 48.5 Å². The van der Waals surface area contributed by atoms with Crippen molar-refractivity contribution in [2.75, 3.05) is 13.2 Å². The lowest BCUT2D eigenvalue weighted by molar-refractivity contribution is -0.167. The summed E-state index contributed by atoms with van der Waals surface area (Å²) in [5.41, 5.74) is 5.84. The molecule has 4 N–H and O–H groups in total. The highest BCUT2D eigenvalue weighted by Gasteiger charge is 2.30. The van der Waals surface area contributed by atoms with E-state index in [1.54, 1.807) is 20.8 Å². The third kappa shape index (κ3) is 11.5. The molecule has 0 radical (unpaired) electrons. The summed E-state index contributed by atoms with van der Waals surface area (Å²) in [5.74, 6) is -2.06. The molecule has 2 aromatic carbocycles. The summed E-state index contributed by atoms with van der Waals surface area (Å²) in [5, 5.41) is 14.9. The van der Waals surface area contributed by atoms with Gasteiger partial charge in [-0.1, -0.05) is 48.5 Å². The molecule has 0 aliphatic heterocycles. The molecule has 246 valence electrons. The summed E-state index contributed by atoms with van der Waals surface area (Å²) in [6, 6.07) is 14.0. The number of hydroxylamine groups is 1. The van der Waals surface area contributed by atoms with E-state index in [9.17, 15) is 24.3 Å². The van der Waals surface area contributed by atoms with Crippen LogP contribution in [0, 0.1) is 0 Å². The highest BCUT2D eigenvalue weighted by Crippen LogP contribution is 2.44. The van der Waals surface area contributed by atoms with Crippen molar-refractivity contribution in [3.8, 4) is 11.1 Å². The van der Waals surface area contributed by atoms with Crippen LogP contribution in [-0.2, 0) is 28.7 Å². The fourth-order valence-electron chi connectivity index (χ4n) is 4.95. The third-order valence-corrected chi connectivity index (χ3v) is 7.03. The summed E-state index contributed by atoms with van der Waals surface area (Å²) >= 11 is 0. The lowest BCUT2D eigenvalue weighted by Gasteiger charge is -2.27. The smallest absolute Gasteiger partial charge is 0.407 e. The van der Waals surface area contributed by atoms with Gasteiger partial charge in [0.1, 0.15) is 24.3 Å². The van der Waals surface area contributed by atoms with Gasteiger partial charge >= 0.3 is 18.0 Å². The number of rotatable bonds is 15. The van der Waals surface area contributed by atoms with Gasteiger partial charge in [0.15, 0.2) is 0 Å². The summed E-state index contributed by atoms with van der Waals surface area (Å²) in [4.78, 5) is 55.0. The maximum absolute atomic E-state index is 12.6. The Hall–Kier alpha value is -3.96. The Kier molecular flexibility index (Phi) is 12.5. The number of ether oxygens (including phenoxy) is 2. The Balaban J connectivity index is 1.39. The van der Waals surface area contributed by atoms with Crippen LogP contribution in [0.4, 0.5) is 4.79 Å². The minimum Gasteiger partial charge on any atom is -0.480 e. The largest absolute Gasteiger partial charge is 0.480 e. The van der Waals surface area contributed by atoms with Gasteiger partial charge in [-0.3, -0.25) is 14.4 Å². The number of unbranched alkanes of at least 4 members (excludes halogenated alkanes) is 1. The predicted octanol–water partition coefficient (Wildman–Crippen LogP) is 5.08. The standard InChI is InChI=1S/C34H47N3O8/c1-33(2,3)44-31(41)28(37-45-34(4,5)6)18-19-29(38)35-20-12-11-17-27(30(39)40)36-32(42)43-21-26-24-15-9-7-13-22(24)23-14-8-10-16-25(23)26/h7-10,13-16,26-28,37H,11-12,17-21H2,1-6H3,(H,35,38)(H,36,42)(H,39,40)/t27-,28-/m0/s1. The number of carbonyl (C=O) groups excluding carboxylic acids is 3. The number of hydrogen-bond acceptors (Lipinski definition) is 8. The molecule has 45 heavy (non-hydrogen) atoms. The van der Waals surface area contributed by atoms with Crippen molar-refractivity contribution in [1.29, 1.82) is 0 Å². The number of carboxylic acids is 1. The summed E-state index contributed by atoms with van der Waals surface area (Å²) < 4.78 is 10.9. The molecule has 2 aromatic rings. The second-order valence-corrected chi connectivity index (χ2v) is 13.2. The van der Waals surface area contributed by atoms with Gasteiger partial charge in [-0.2, -0.15) is 5.48 Å². The molecule has 2 amide bonds. The van der Waals surface area contributed by atoms with E-state index in [0.29, 0.717) is 19.4 Å². The number of carbonyl (C=O) groups is 4. The number of nitrogens with one attached hydrogen (secondary N) is 3. The normalized spacial score (nSPS) is 14.1. The summed E-state index contributed by atoms with van der Waals surface area (Å²) in [7, 11) is 0. The van der Waals surface area contributed by atoms with E-state index >= 15 is 0 Å². The van der Waals surface area contributed by atoms with Gasteiger partial charge in [0, 0.05) is 18.9 Å². The van der Waals surface area contributed by atoms with Crippen molar-refractivity contribution in [1.82, 2.24) is 16.1 Å². The van der Waals surface area contributed by atoms with Crippen LogP contribution in [0.5, 0.6) is 0 Å². The fraction of sp³-hybridized carbons (Fsp3) is 0.529. The fourth-order valence-corrected chi connectivity index (χ4v) is 4.95. The molecule has 0 saturated heterocycles. The molecule has 2 atom stereocenters. The zero-order valence-corrected chi connectivity index (χ0v) is 27.1. The summed E-state index contributed by atoms with van der Waals surface area (Å²) in [6.07, 6.45) is 0.559. The first-order valence-corrected chi connectivity index (χ1v) is 15.4. The van der Waals surface area contributed by atoms with E-state index in [1.807, 2.05) is 69.3 Å². The Bertz CT molecular complexity index is 1290. The first-order valence-electron chi connectivity index (χ1n) is 15.4. The molecule has 0 heterocycles. The van der Waals surface area contributed by atoms with Gasteiger partial charge in [-0.15, -0.1) is 0 Å². The molecular formula is C34H47N3O8. The average Bonchev–Trinajstić information content (AvgIpc) is 3.27. The first-order chi connectivity index (χ1) is 21.1. The Labute approximate surface area is 265 Å². The van der Waals surface area contributed by atoms with E-state index in [4.69, 9.17) is 14.3 Å². The van der Waals surface area contributed by atoms with Gasteiger partial charge in [0.25, 0.3) is 0 Å². The average molecular weight is 626 g/mol. The van der Waals surface area contributed by atoms with Crippen LogP contribution in [0.2, 0.25) is 0 Å². The quantitative estimate of drug-likeness (QED) is 0.121. The molecule has 0 saturated carbocycles. The number of alkyl carbamates (subject to hydrolysis) is 1. The number of carboxylic acid groups (broad SMARTS) is 1. The molecule has 0 bridgehead atoms. The molecule has 0 unspecified atom stereocenters. The van der Waals surface area contributed by atoms with E-state index in [0.717, 1.165) is 22.3 Å². The Morgan fingerprint density at radius 3 is 1.98 bits per heavy atom. The third-order valence-electron chi connectivity index (χ3n) is 7.03. The molecule has 0 spiro atoms. The van der Waals surface area contributed by atoms with Crippen LogP contribution in [0.25, 0.3) is 11.1 Å². The van der Waals surface area contributed by atoms with Gasteiger partial charge in [-0.05, 0) is 89.5 Å².